The van der Waals surface area contributed by atoms with Crippen molar-refractivity contribution >= 4 is 22.7 Å². The Morgan fingerprint density at radius 1 is 0.368 bits per heavy atom. The van der Waals surface area contributed by atoms with E-state index in [0.29, 0.717) is 0 Å². The fraction of sp³-hybridized carbons (Fsp3) is 0.127. The molecule has 0 atom stereocenters. The third-order valence-corrected chi connectivity index (χ3v) is 13.5. The van der Waals surface area contributed by atoms with Gasteiger partial charge in [0.1, 0.15) is 0 Å². The molecule has 2 nitrogen and oxygen atoms in total. The minimum atomic E-state index is -0.459. The summed E-state index contributed by atoms with van der Waals surface area (Å²) in [6, 6.07) is 64.7. The fourth-order valence-electron chi connectivity index (χ4n) is 11.2. The van der Waals surface area contributed by atoms with Crippen LogP contribution in [0.3, 0.4) is 0 Å². The number of fused-ring (bicyclic) bond motifs is 16. The van der Waals surface area contributed by atoms with E-state index in [1.807, 2.05) is 0 Å². The zero-order valence-electron chi connectivity index (χ0n) is 32.4. The van der Waals surface area contributed by atoms with Crippen LogP contribution < -0.4 is 9.80 Å². The molecule has 272 valence electrons. The molecule has 12 rings (SSSR count). The predicted molar refractivity (Wildman–Crippen MR) is 237 cm³/mol. The highest BCUT2D eigenvalue weighted by molar-refractivity contribution is 5.98. The summed E-state index contributed by atoms with van der Waals surface area (Å²) in [7, 11) is 0. The standard InChI is InChI=1S/C55H42N2/c1-3-56(51-25-13-17-37-31-35-15-5-7-19-41(35)53(37)51)39-27-29-45-46-30-28-40(57(4-2)52-26-14-18-38-32-36-16-6-8-20-42(36)54(38)52)34-50(46)55(49(45)33-39)47-23-11-9-21-43(47)44-22-10-12-24-48(44)55/h5-30,33-34H,3-4,31-32H2,1-2H3. The molecule has 0 unspecified atom stereocenters. The molecular formula is C55H42N2. The van der Waals surface area contributed by atoms with Gasteiger partial charge in [-0.1, -0.05) is 133 Å². The van der Waals surface area contributed by atoms with Crippen LogP contribution in [0.5, 0.6) is 0 Å². The van der Waals surface area contributed by atoms with Crippen molar-refractivity contribution in [3.05, 3.63) is 214 Å². The van der Waals surface area contributed by atoms with Gasteiger partial charge < -0.3 is 9.80 Å². The van der Waals surface area contributed by atoms with Gasteiger partial charge in [-0.3, -0.25) is 0 Å². The molecule has 0 heterocycles. The summed E-state index contributed by atoms with van der Waals surface area (Å²) in [6.07, 6.45) is 1.98. The number of anilines is 4. The van der Waals surface area contributed by atoms with Crippen LogP contribution in [-0.4, -0.2) is 13.1 Å². The van der Waals surface area contributed by atoms with Gasteiger partial charge in [0.2, 0.25) is 0 Å². The average molecular weight is 731 g/mol. The SMILES string of the molecule is CCN(c1ccc2c(c1)C1(c3ccccc3-c3ccccc31)c1cc(N(CC)c3cccc4c3-c3ccccc3C4)ccc1-2)c1cccc2c1-c1ccccc1C2. The molecule has 57 heavy (non-hydrogen) atoms. The van der Waals surface area contributed by atoms with E-state index in [1.54, 1.807) is 0 Å². The summed E-state index contributed by atoms with van der Waals surface area (Å²) in [5.74, 6) is 0. The number of rotatable bonds is 6. The van der Waals surface area contributed by atoms with Crippen molar-refractivity contribution in [2.45, 2.75) is 32.1 Å². The van der Waals surface area contributed by atoms with Gasteiger partial charge in [0.15, 0.2) is 0 Å². The van der Waals surface area contributed by atoms with Gasteiger partial charge in [-0.25, -0.2) is 0 Å². The first-order valence-corrected chi connectivity index (χ1v) is 20.6. The van der Waals surface area contributed by atoms with Crippen LogP contribution in [0.2, 0.25) is 0 Å². The summed E-state index contributed by atoms with van der Waals surface area (Å²) < 4.78 is 0. The Hall–Kier alpha value is -6.64. The second-order valence-electron chi connectivity index (χ2n) is 16.1. The molecule has 0 aromatic heterocycles. The van der Waals surface area contributed by atoms with Crippen LogP contribution in [0.25, 0.3) is 44.5 Å². The lowest BCUT2D eigenvalue weighted by Crippen LogP contribution is -2.27. The second kappa shape index (κ2) is 12.2. The van der Waals surface area contributed by atoms with E-state index in [0.717, 1.165) is 25.9 Å². The molecule has 0 radical (unpaired) electrons. The molecule has 8 aromatic rings. The van der Waals surface area contributed by atoms with E-state index in [9.17, 15) is 0 Å². The van der Waals surface area contributed by atoms with Crippen molar-refractivity contribution in [2.75, 3.05) is 22.9 Å². The fourth-order valence-corrected chi connectivity index (χ4v) is 11.2. The van der Waals surface area contributed by atoms with Crippen LogP contribution >= 0.6 is 0 Å². The van der Waals surface area contributed by atoms with E-state index in [-0.39, 0.29) is 0 Å². The predicted octanol–water partition coefficient (Wildman–Crippen LogP) is 13.5. The van der Waals surface area contributed by atoms with Crippen molar-refractivity contribution in [3.63, 3.8) is 0 Å². The summed E-state index contributed by atoms with van der Waals surface area (Å²) in [4.78, 5) is 5.09. The van der Waals surface area contributed by atoms with Crippen LogP contribution in [0, 0.1) is 0 Å². The van der Waals surface area contributed by atoms with Crippen LogP contribution in [0.4, 0.5) is 22.7 Å². The minimum absolute atomic E-state index is 0.459. The Morgan fingerprint density at radius 2 is 0.754 bits per heavy atom. The van der Waals surface area contributed by atoms with E-state index >= 15 is 0 Å². The third-order valence-electron chi connectivity index (χ3n) is 13.5. The average Bonchev–Trinajstić information content (AvgIpc) is 4.00. The Labute approximate surface area is 335 Å². The van der Waals surface area contributed by atoms with Gasteiger partial charge in [0.05, 0.1) is 5.41 Å². The Balaban J connectivity index is 1.08. The van der Waals surface area contributed by atoms with Crippen LogP contribution in [0.15, 0.2) is 170 Å². The lowest BCUT2D eigenvalue weighted by molar-refractivity contribution is 0.792. The molecule has 4 aliphatic rings. The van der Waals surface area contributed by atoms with Crippen molar-refractivity contribution in [1.29, 1.82) is 0 Å². The lowest BCUT2D eigenvalue weighted by Gasteiger charge is -2.33. The van der Waals surface area contributed by atoms with Crippen molar-refractivity contribution in [2.24, 2.45) is 0 Å². The molecule has 0 amide bonds. The minimum Gasteiger partial charge on any atom is -0.341 e. The van der Waals surface area contributed by atoms with E-state index < -0.39 is 5.41 Å². The smallest absolute Gasteiger partial charge is 0.0727 e. The Kier molecular flexibility index (Phi) is 6.96. The van der Waals surface area contributed by atoms with Gasteiger partial charge in [0, 0.05) is 47.0 Å². The Morgan fingerprint density at radius 3 is 1.21 bits per heavy atom. The number of benzene rings is 8. The maximum Gasteiger partial charge on any atom is 0.0727 e. The zero-order valence-corrected chi connectivity index (χ0v) is 32.4. The maximum absolute atomic E-state index is 2.54. The van der Waals surface area contributed by atoms with Gasteiger partial charge in [-0.05, 0) is 141 Å². The molecule has 0 saturated heterocycles. The molecule has 0 saturated carbocycles. The second-order valence-corrected chi connectivity index (χ2v) is 16.1. The molecular weight excluding hydrogens is 689 g/mol. The molecule has 1 spiro atoms. The highest BCUT2D eigenvalue weighted by Gasteiger charge is 2.52. The first kappa shape index (κ1) is 32.6. The summed E-state index contributed by atoms with van der Waals surface area (Å²) in [5.41, 5.74) is 26.5. The molecule has 8 aromatic carbocycles. The number of hydrogen-bond acceptors (Lipinski definition) is 2. The van der Waals surface area contributed by atoms with Crippen molar-refractivity contribution in [1.82, 2.24) is 0 Å². The van der Waals surface area contributed by atoms with Crippen molar-refractivity contribution in [3.8, 4) is 44.5 Å². The summed E-state index contributed by atoms with van der Waals surface area (Å²) >= 11 is 0. The van der Waals surface area contributed by atoms with Gasteiger partial charge in [-0.15, -0.1) is 0 Å². The summed E-state index contributed by atoms with van der Waals surface area (Å²) in [6.45, 7) is 6.32. The van der Waals surface area contributed by atoms with Crippen LogP contribution in [-0.2, 0) is 18.3 Å². The molecule has 0 N–H and O–H groups in total. The van der Waals surface area contributed by atoms with Crippen LogP contribution in [0.1, 0.15) is 58.4 Å². The summed E-state index contributed by atoms with van der Waals surface area (Å²) in [5, 5.41) is 0. The maximum atomic E-state index is 2.54. The Bertz CT molecular complexity index is 2770. The van der Waals surface area contributed by atoms with Gasteiger partial charge >= 0.3 is 0 Å². The quantitative estimate of drug-likeness (QED) is 0.168. The first-order valence-electron chi connectivity index (χ1n) is 20.6. The molecule has 0 aliphatic heterocycles. The third kappa shape index (κ3) is 4.36. The largest absolute Gasteiger partial charge is 0.341 e. The van der Waals surface area contributed by atoms with Crippen molar-refractivity contribution < 1.29 is 0 Å². The van der Waals surface area contributed by atoms with Gasteiger partial charge in [-0.2, -0.15) is 0 Å². The highest BCUT2D eigenvalue weighted by Crippen LogP contribution is 2.64. The van der Waals surface area contributed by atoms with E-state index in [1.165, 1.54) is 112 Å². The van der Waals surface area contributed by atoms with E-state index in [4.69, 9.17) is 0 Å². The zero-order chi connectivity index (χ0) is 37.8. The lowest BCUT2D eigenvalue weighted by atomic mass is 9.70. The monoisotopic (exact) mass is 730 g/mol. The first-order chi connectivity index (χ1) is 28.2. The molecule has 0 fully saturated rings. The normalized spacial score (nSPS) is 13.9. The van der Waals surface area contributed by atoms with E-state index in [2.05, 4.69) is 194 Å². The highest BCUT2D eigenvalue weighted by atomic mass is 15.1. The molecule has 0 bridgehead atoms. The molecule has 4 aliphatic carbocycles. The molecule has 2 heteroatoms. The topological polar surface area (TPSA) is 6.48 Å². The number of nitrogens with zero attached hydrogens (tertiary/aromatic N) is 2. The van der Waals surface area contributed by atoms with Gasteiger partial charge in [0.25, 0.3) is 0 Å². The number of hydrogen-bond donors (Lipinski definition) is 0.